The number of amides is 1. The minimum absolute atomic E-state index is 0.000154. The average molecular weight is 431 g/mol. The average Bonchev–Trinajstić information content (AvgIpc) is 2.98. The molecule has 0 aromatic heterocycles. The highest BCUT2D eigenvalue weighted by atomic mass is 16.6. The Hall–Kier alpha value is -4.20. The van der Waals surface area contributed by atoms with Gasteiger partial charge in [0.25, 0.3) is 11.6 Å². The molecule has 0 unspecified atom stereocenters. The van der Waals surface area contributed by atoms with Crippen molar-refractivity contribution in [3.63, 3.8) is 0 Å². The number of nitro benzene ring substituents is 1. The van der Waals surface area contributed by atoms with Gasteiger partial charge in [-0.2, -0.15) is 0 Å². The lowest BCUT2D eigenvalue weighted by Crippen LogP contribution is -2.31. The number of hydrogen-bond acceptors (Lipinski definition) is 6. The molecule has 0 atom stereocenters. The van der Waals surface area contributed by atoms with Crippen LogP contribution in [0.4, 0.5) is 22.7 Å². The van der Waals surface area contributed by atoms with Gasteiger partial charge in [0.05, 0.1) is 21.9 Å². The number of carbonyl (C=O) groups excluding carboxylic acids is 2. The van der Waals surface area contributed by atoms with Crippen LogP contribution in [0.2, 0.25) is 0 Å². The van der Waals surface area contributed by atoms with Gasteiger partial charge in [0.1, 0.15) is 5.69 Å². The van der Waals surface area contributed by atoms with Gasteiger partial charge in [-0.15, -0.1) is 0 Å². The molecule has 32 heavy (non-hydrogen) atoms. The van der Waals surface area contributed by atoms with Crippen molar-refractivity contribution in [2.45, 2.75) is 12.8 Å². The van der Waals surface area contributed by atoms with Crippen LogP contribution in [0.1, 0.15) is 21.5 Å². The Bertz CT molecular complexity index is 1160. The third-order valence-electron chi connectivity index (χ3n) is 5.40. The molecule has 0 saturated heterocycles. The maximum Gasteiger partial charge on any atom is 0.338 e. The Morgan fingerprint density at radius 2 is 1.59 bits per heavy atom. The molecule has 1 aliphatic rings. The molecule has 0 fully saturated rings. The van der Waals surface area contributed by atoms with Gasteiger partial charge in [0.2, 0.25) is 0 Å². The number of aryl methyl sites for hydroxylation is 2. The van der Waals surface area contributed by atoms with E-state index in [0.29, 0.717) is 0 Å². The Kier molecular flexibility index (Phi) is 5.85. The third-order valence-corrected chi connectivity index (χ3v) is 5.40. The number of benzene rings is 3. The predicted octanol–water partition coefficient (Wildman–Crippen LogP) is 4.26. The molecule has 1 N–H and O–H groups in total. The first-order valence-electron chi connectivity index (χ1n) is 10.1. The van der Waals surface area contributed by atoms with E-state index in [1.54, 1.807) is 11.9 Å². The summed E-state index contributed by atoms with van der Waals surface area (Å²) in [6.45, 7) is -0.497. The molecule has 0 radical (unpaired) electrons. The molecule has 1 heterocycles. The molecule has 162 valence electrons. The van der Waals surface area contributed by atoms with Gasteiger partial charge in [-0.05, 0) is 48.2 Å². The van der Waals surface area contributed by atoms with Gasteiger partial charge in [-0.1, -0.05) is 36.4 Å². The molecule has 3 aromatic rings. The Balaban J connectivity index is 1.58. The molecule has 8 heteroatoms. The zero-order valence-electron chi connectivity index (χ0n) is 17.4. The van der Waals surface area contributed by atoms with E-state index in [-0.39, 0.29) is 16.9 Å². The van der Waals surface area contributed by atoms with Crippen molar-refractivity contribution in [1.82, 2.24) is 0 Å². The second kappa shape index (κ2) is 8.89. The van der Waals surface area contributed by atoms with E-state index < -0.39 is 23.4 Å². The topological polar surface area (TPSA) is 102 Å². The molecule has 1 aliphatic heterocycles. The fraction of sp³-hybridized carbons (Fsp3) is 0.167. The number of nitro groups is 1. The molecule has 1 amide bonds. The number of carbonyl (C=O) groups is 2. The number of hydrogen-bond donors (Lipinski definition) is 1. The second-order valence-corrected chi connectivity index (χ2v) is 7.30. The minimum Gasteiger partial charge on any atom is -0.452 e. The van der Waals surface area contributed by atoms with E-state index in [1.165, 1.54) is 12.1 Å². The van der Waals surface area contributed by atoms with Gasteiger partial charge >= 0.3 is 5.97 Å². The first-order valence-corrected chi connectivity index (χ1v) is 10.1. The van der Waals surface area contributed by atoms with Gasteiger partial charge in [0.15, 0.2) is 6.61 Å². The molecular weight excluding hydrogens is 410 g/mol. The predicted molar refractivity (Wildman–Crippen MR) is 120 cm³/mol. The summed E-state index contributed by atoms with van der Waals surface area (Å²) in [5.41, 5.74) is 3.60. The summed E-state index contributed by atoms with van der Waals surface area (Å²) >= 11 is 0. The summed E-state index contributed by atoms with van der Waals surface area (Å²) < 4.78 is 5.25. The summed E-state index contributed by atoms with van der Waals surface area (Å²) in [5.74, 6) is -1.21. The van der Waals surface area contributed by atoms with Crippen LogP contribution < -0.4 is 10.2 Å². The van der Waals surface area contributed by atoms with Crippen molar-refractivity contribution in [2.24, 2.45) is 0 Å². The summed E-state index contributed by atoms with van der Waals surface area (Å²) in [5, 5.41) is 14.0. The van der Waals surface area contributed by atoms with E-state index in [9.17, 15) is 19.7 Å². The van der Waals surface area contributed by atoms with Crippen molar-refractivity contribution in [1.29, 1.82) is 0 Å². The number of nitrogens with one attached hydrogen (secondary N) is 1. The maximum absolute atomic E-state index is 13.2. The van der Waals surface area contributed by atoms with Crippen LogP contribution in [-0.4, -0.2) is 30.5 Å². The van der Waals surface area contributed by atoms with E-state index in [1.807, 2.05) is 48.5 Å². The van der Waals surface area contributed by atoms with E-state index in [4.69, 9.17) is 4.74 Å². The lowest BCUT2D eigenvalue weighted by atomic mass is 10.0. The third kappa shape index (κ3) is 4.02. The van der Waals surface area contributed by atoms with E-state index in [2.05, 4.69) is 5.32 Å². The highest BCUT2D eigenvalue weighted by molar-refractivity contribution is 6.04. The molecule has 0 aliphatic carbocycles. The standard InChI is InChI=1S/C24H21N3O5/c1-25-19-13-12-18(14-22(19)27(30)31)24(29)32-15-23(28)26-20-8-4-2-6-16(20)10-11-17-7-3-5-9-21(17)26/h2-9,12-14,25H,10-11,15H2,1H3. The second-order valence-electron chi connectivity index (χ2n) is 7.30. The van der Waals surface area contributed by atoms with Crippen LogP contribution in [0.5, 0.6) is 0 Å². The zero-order valence-corrected chi connectivity index (χ0v) is 17.4. The normalized spacial score (nSPS) is 12.2. The van der Waals surface area contributed by atoms with Crippen LogP contribution in [0.15, 0.2) is 66.7 Å². The maximum atomic E-state index is 13.2. The summed E-state index contributed by atoms with van der Waals surface area (Å²) in [6, 6.07) is 19.3. The molecule has 0 saturated carbocycles. The zero-order chi connectivity index (χ0) is 22.7. The van der Waals surface area contributed by atoms with Crippen LogP contribution >= 0.6 is 0 Å². The molecule has 3 aromatic carbocycles. The molecule has 0 bridgehead atoms. The Labute approximate surface area is 184 Å². The lowest BCUT2D eigenvalue weighted by molar-refractivity contribution is -0.384. The quantitative estimate of drug-likeness (QED) is 0.368. The van der Waals surface area contributed by atoms with Crippen molar-refractivity contribution < 1.29 is 19.2 Å². The Morgan fingerprint density at radius 3 is 2.16 bits per heavy atom. The van der Waals surface area contributed by atoms with Crippen LogP contribution in [0, 0.1) is 10.1 Å². The molecule has 4 rings (SSSR count). The first kappa shape index (κ1) is 21.0. The smallest absolute Gasteiger partial charge is 0.338 e. The highest BCUT2D eigenvalue weighted by Gasteiger charge is 2.27. The number of fused-ring (bicyclic) bond motifs is 2. The number of ether oxygens (including phenoxy) is 1. The fourth-order valence-electron chi connectivity index (χ4n) is 3.84. The number of nitrogens with zero attached hydrogens (tertiary/aromatic N) is 2. The van der Waals surface area contributed by atoms with Crippen molar-refractivity contribution in [2.75, 3.05) is 23.9 Å². The fourth-order valence-corrected chi connectivity index (χ4v) is 3.84. The number of para-hydroxylation sites is 2. The molecule has 0 spiro atoms. The first-order chi connectivity index (χ1) is 15.5. The number of rotatable bonds is 5. The van der Waals surface area contributed by atoms with E-state index >= 15 is 0 Å². The van der Waals surface area contributed by atoms with Crippen molar-refractivity contribution in [3.8, 4) is 0 Å². The van der Waals surface area contributed by atoms with Crippen molar-refractivity contribution >= 4 is 34.6 Å². The van der Waals surface area contributed by atoms with Crippen molar-refractivity contribution in [3.05, 3.63) is 93.5 Å². The monoisotopic (exact) mass is 431 g/mol. The van der Waals surface area contributed by atoms with Gasteiger partial charge in [-0.25, -0.2) is 4.79 Å². The van der Waals surface area contributed by atoms with Gasteiger partial charge in [0, 0.05) is 13.1 Å². The minimum atomic E-state index is -0.805. The molecular formula is C24H21N3O5. The van der Waals surface area contributed by atoms with Crippen LogP contribution in [-0.2, 0) is 22.4 Å². The van der Waals surface area contributed by atoms with Gasteiger partial charge < -0.3 is 10.1 Å². The highest BCUT2D eigenvalue weighted by Crippen LogP contribution is 2.36. The number of anilines is 3. The Morgan fingerprint density at radius 1 is 1.00 bits per heavy atom. The molecule has 8 nitrogen and oxygen atoms in total. The van der Waals surface area contributed by atoms with Crippen LogP contribution in [0.25, 0.3) is 0 Å². The van der Waals surface area contributed by atoms with Crippen LogP contribution in [0.3, 0.4) is 0 Å². The SMILES string of the molecule is CNc1ccc(C(=O)OCC(=O)N2c3ccccc3CCc3ccccc32)cc1[N+](=O)[O-]. The number of esters is 1. The summed E-state index contributed by atoms with van der Waals surface area (Å²) in [7, 11) is 1.55. The largest absolute Gasteiger partial charge is 0.452 e. The van der Waals surface area contributed by atoms with E-state index in [0.717, 1.165) is 41.4 Å². The lowest BCUT2D eigenvalue weighted by Gasteiger charge is -2.24. The summed E-state index contributed by atoms with van der Waals surface area (Å²) in [6.07, 6.45) is 1.58. The summed E-state index contributed by atoms with van der Waals surface area (Å²) in [4.78, 5) is 38.0. The van der Waals surface area contributed by atoms with Gasteiger partial charge in [-0.3, -0.25) is 19.8 Å².